The Morgan fingerprint density at radius 1 is 1.43 bits per heavy atom. The Labute approximate surface area is 131 Å². The van der Waals surface area contributed by atoms with Gasteiger partial charge in [-0.3, -0.25) is 4.79 Å². The van der Waals surface area contributed by atoms with Crippen LogP contribution >= 0.6 is 11.6 Å². The molecule has 2 unspecified atom stereocenters. The van der Waals surface area contributed by atoms with Crippen LogP contribution in [-0.4, -0.2) is 15.8 Å². The van der Waals surface area contributed by atoms with Crippen LogP contribution in [0.5, 0.6) is 0 Å². The zero-order valence-electron chi connectivity index (χ0n) is 13.2. The van der Waals surface area contributed by atoms with Crippen LogP contribution in [0.1, 0.15) is 52.9 Å². The molecule has 0 aromatic carbocycles. The first-order chi connectivity index (χ1) is 10.0. The molecule has 1 heterocycles. The molecule has 1 N–H and O–H groups in total. The topological polar surface area (TPSA) is 46.9 Å². The van der Waals surface area contributed by atoms with Gasteiger partial charge in [0.05, 0.1) is 11.9 Å². The molecule has 1 aromatic rings. The van der Waals surface area contributed by atoms with Crippen LogP contribution in [-0.2, 0) is 6.54 Å². The van der Waals surface area contributed by atoms with Crippen LogP contribution in [0.3, 0.4) is 0 Å². The molecule has 1 fully saturated rings. The summed E-state index contributed by atoms with van der Waals surface area (Å²) in [6.07, 6.45) is 7.80. The van der Waals surface area contributed by atoms with Crippen molar-refractivity contribution in [1.82, 2.24) is 9.78 Å². The highest BCUT2D eigenvalue weighted by atomic mass is 35.5. The van der Waals surface area contributed by atoms with E-state index in [1.54, 1.807) is 6.20 Å². The smallest absolute Gasteiger partial charge is 0.287 e. The van der Waals surface area contributed by atoms with Gasteiger partial charge in [0.2, 0.25) is 0 Å². The van der Waals surface area contributed by atoms with Gasteiger partial charge >= 0.3 is 0 Å². The van der Waals surface area contributed by atoms with Crippen LogP contribution in [0.4, 0.5) is 5.69 Å². The second-order valence-corrected chi connectivity index (χ2v) is 6.83. The van der Waals surface area contributed by atoms with Crippen LogP contribution in [0.2, 0.25) is 5.02 Å². The molecule has 0 spiro atoms. The van der Waals surface area contributed by atoms with Gasteiger partial charge in [-0.2, -0.15) is 5.10 Å². The first-order valence-electron chi connectivity index (χ1n) is 8.05. The summed E-state index contributed by atoms with van der Waals surface area (Å²) in [7, 11) is 0. The van der Waals surface area contributed by atoms with Gasteiger partial charge in [0.15, 0.2) is 0 Å². The lowest BCUT2D eigenvalue weighted by atomic mass is 9.83. The van der Waals surface area contributed by atoms with Crippen molar-refractivity contribution in [2.45, 2.75) is 65.5 Å². The molecule has 0 radical (unpaired) electrons. The summed E-state index contributed by atoms with van der Waals surface area (Å²) in [4.78, 5) is 12.2. The molecule has 0 aliphatic heterocycles. The fraction of sp³-hybridized carbons (Fsp3) is 0.750. The van der Waals surface area contributed by atoms with Crippen molar-refractivity contribution >= 4 is 17.3 Å². The lowest BCUT2D eigenvalue weighted by Gasteiger charge is -2.32. The third-order valence-electron chi connectivity index (χ3n) is 4.30. The molecule has 0 bridgehead atoms. The summed E-state index contributed by atoms with van der Waals surface area (Å²) in [5.41, 5.74) is 0.492. The van der Waals surface area contributed by atoms with Gasteiger partial charge in [0.25, 0.3) is 5.56 Å². The SMILES string of the molecule is CCC1CCCCC1Nc1cnn(CC(C)C)c(=O)c1Cl. The average Bonchev–Trinajstić information content (AvgIpc) is 2.47. The normalized spacial score (nSPS) is 22.5. The van der Waals surface area contributed by atoms with E-state index in [-0.39, 0.29) is 10.6 Å². The summed E-state index contributed by atoms with van der Waals surface area (Å²) >= 11 is 6.26. The number of hydrogen-bond acceptors (Lipinski definition) is 3. The fourth-order valence-electron chi connectivity index (χ4n) is 3.13. The molecule has 1 aromatic heterocycles. The number of nitrogens with zero attached hydrogens (tertiary/aromatic N) is 2. The molecule has 4 nitrogen and oxygen atoms in total. The monoisotopic (exact) mass is 311 g/mol. The number of halogens is 1. The summed E-state index contributed by atoms with van der Waals surface area (Å²) in [6.45, 7) is 6.94. The third kappa shape index (κ3) is 4.00. The van der Waals surface area contributed by atoms with Gasteiger partial charge in [-0.05, 0) is 24.7 Å². The highest BCUT2D eigenvalue weighted by Gasteiger charge is 2.24. The molecule has 21 heavy (non-hydrogen) atoms. The van der Waals surface area contributed by atoms with E-state index in [4.69, 9.17) is 11.6 Å². The zero-order valence-corrected chi connectivity index (χ0v) is 14.0. The third-order valence-corrected chi connectivity index (χ3v) is 4.66. The lowest BCUT2D eigenvalue weighted by molar-refractivity contribution is 0.317. The minimum absolute atomic E-state index is 0.195. The Balaban J connectivity index is 2.17. The first kappa shape index (κ1) is 16.3. The summed E-state index contributed by atoms with van der Waals surface area (Å²) < 4.78 is 1.45. The second kappa shape index (κ2) is 7.30. The molecule has 0 amide bonds. The second-order valence-electron chi connectivity index (χ2n) is 6.46. The number of hydrogen-bond donors (Lipinski definition) is 1. The Kier molecular flexibility index (Phi) is 5.68. The lowest BCUT2D eigenvalue weighted by Crippen LogP contribution is -2.33. The van der Waals surface area contributed by atoms with E-state index in [9.17, 15) is 4.79 Å². The predicted octanol–water partition coefficient (Wildman–Crippen LogP) is 3.93. The van der Waals surface area contributed by atoms with Gasteiger partial charge in [-0.25, -0.2) is 4.68 Å². The predicted molar refractivity (Wildman–Crippen MR) is 88.0 cm³/mol. The van der Waals surface area contributed by atoms with Gasteiger partial charge < -0.3 is 5.32 Å². The van der Waals surface area contributed by atoms with E-state index in [0.29, 0.717) is 30.1 Å². The van der Waals surface area contributed by atoms with Crippen LogP contribution in [0.15, 0.2) is 11.0 Å². The van der Waals surface area contributed by atoms with Crippen molar-refractivity contribution < 1.29 is 0 Å². The largest absolute Gasteiger partial charge is 0.379 e. The molecular weight excluding hydrogens is 286 g/mol. The Hall–Kier alpha value is -1.03. The molecular formula is C16H26ClN3O. The number of rotatable bonds is 5. The van der Waals surface area contributed by atoms with Gasteiger partial charge in [0, 0.05) is 12.6 Å². The van der Waals surface area contributed by atoms with Crippen molar-refractivity contribution in [3.05, 3.63) is 21.6 Å². The van der Waals surface area contributed by atoms with Crippen molar-refractivity contribution in [3.63, 3.8) is 0 Å². The maximum Gasteiger partial charge on any atom is 0.287 e. The number of aromatic nitrogens is 2. The van der Waals surface area contributed by atoms with E-state index < -0.39 is 0 Å². The van der Waals surface area contributed by atoms with Gasteiger partial charge in [-0.1, -0.05) is 51.6 Å². The van der Waals surface area contributed by atoms with Crippen LogP contribution in [0, 0.1) is 11.8 Å². The molecule has 1 saturated carbocycles. The van der Waals surface area contributed by atoms with E-state index in [1.807, 2.05) is 0 Å². The Morgan fingerprint density at radius 3 is 2.81 bits per heavy atom. The number of nitrogens with one attached hydrogen (secondary N) is 1. The van der Waals surface area contributed by atoms with E-state index in [0.717, 1.165) is 12.8 Å². The van der Waals surface area contributed by atoms with Crippen molar-refractivity contribution in [2.75, 3.05) is 5.32 Å². The van der Waals surface area contributed by atoms with E-state index in [1.165, 1.54) is 23.9 Å². The molecule has 2 rings (SSSR count). The molecule has 118 valence electrons. The standard InChI is InChI=1S/C16H26ClN3O/c1-4-12-7-5-6-8-13(12)19-14-9-18-20(10-11(2)3)16(21)15(14)17/h9,11-13,19H,4-8,10H2,1-3H3. The maximum atomic E-state index is 12.2. The van der Waals surface area contributed by atoms with Crippen molar-refractivity contribution in [1.29, 1.82) is 0 Å². The van der Waals surface area contributed by atoms with Crippen molar-refractivity contribution in [3.8, 4) is 0 Å². The molecule has 1 aliphatic carbocycles. The first-order valence-corrected chi connectivity index (χ1v) is 8.42. The zero-order chi connectivity index (χ0) is 15.4. The van der Waals surface area contributed by atoms with Crippen molar-refractivity contribution in [2.24, 2.45) is 11.8 Å². The van der Waals surface area contributed by atoms with E-state index >= 15 is 0 Å². The minimum Gasteiger partial charge on any atom is -0.379 e. The summed E-state index contributed by atoms with van der Waals surface area (Å²) in [6, 6.07) is 0.406. The quantitative estimate of drug-likeness (QED) is 0.896. The molecule has 5 heteroatoms. The summed E-state index contributed by atoms with van der Waals surface area (Å²) in [5.74, 6) is 1.03. The maximum absolute atomic E-state index is 12.2. The highest BCUT2D eigenvalue weighted by Crippen LogP contribution is 2.30. The Bertz CT molecular complexity index is 527. The average molecular weight is 312 g/mol. The molecule has 0 saturated heterocycles. The minimum atomic E-state index is -0.195. The molecule has 2 atom stereocenters. The van der Waals surface area contributed by atoms with Crippen LogP contribution in [0.25, 0.3) is 0 Å². The Morgan fingerprint density at radius 2 is 2.14 bits per heavy atom. The van der Waals surface area contributed by atoms with Gasteiger partial charge in [-0.15, -0.1) is 0 Å². The number of anilines is 1. The molecule has 1 aliphatic rings. The van der Waals surface area contributed by atoms with Crippen LogP contribution < -0.4 is 10.9 Å². The fourth-order valence-corrected chi connectivity index (χ4v) is 3.33. The van der Waals surface area contributed by atoms with Gasteiger partial charge in [0.1, 0.15) is 5.02 Å². The summed E-state index contributed by atoms with van der Waals surface area (Å²) in [5, 5.41) is 7.99. The highest BCUT2D eigenvalue weighted by molar-refractivity contribution is 6.32. The van der Waals surface area contributed by atoms with E-state index in [2.05, 4.69) is 31.2 Å².